The molecular formula is C15H14ClF2NO. The van der Waals surface area contributed by atoms with E-state index in [1.165, 1.54) is 13.2 Å². The van der Waals surface area contributed by atoms with Crippen molar-refractivity contribution in [1.29, 1.82) is 0 Å². The molecular weight excluding hydrogens is 284 g/mol. The number of halogens is 3. The van der Waals surface area contributed by atoms with Crippen LogP contribution in [0.15, 0.2) is 36.4 Å². The van der Waals surface area contributed by atoms with Crippen LogP contribution in [0.2, 0.25) is 5.02 Å². The summed E-state index contributed by atoms with van der Waals surface area (Å²) in [5, 5.41) is 3.69. The summed E-state index contributed by atoms with van der Waals surface area (Å²) < 4.78 is 31.2. The largest absolute Gasteiger partial charge is 0.495 e. The van der Waals surface area contributed by atoms with Crippen LogP contribution < -0.4 is 10.1 Å². The molecule has 0 bridgehead atoms. The van der Waals surface area contributed by atoms with Crippen LogP contribution in [0.5, 0.6) is 5.75 Å². The molecule has 0 amide bonds. The lowest BCUT2D eigenvalue weighted by Crippen LogP contribution is -2.07. The zero-order valence-corrected chi connectivity index (χ0v) is 11.8. The Kier molecular flexibility index (Phi) is 4.45. The molecule has 1 unspecified atom stereocenters. The van der Waals surface area contributed by atoms with Gasteiger partial charge in [0.25, 0.3) is 0 Å². The molecule has 0 saturated heterocycles. The maximum absolute atomic E-state index is 13.2. The van der Waals surface area contributed by atoms with Crippen LogP contribution in [0.1, 0.15) is 18.5 Å². The molecule has 20 heavy (non-hydrogen) atoms. The first-order chi connectivity index (χ1) is 9.51. The summed E-state index contributed by atoms with van der Waals surface area (Å²) in [5.41, 5.74) is 1.43. The van der Waals surface area contributed by atoms with E-state index >= 15 is 0 Å². The van der Waals surface area contributed by atoms with Crippen LogP contribution in [0, 0.1) is 11.6 Å². The van der Waals surface area contributed by atoms with Gasteiger partial charge in [0, 0.05) is 17.8 Å². The fourth-order valence-corrected chi connectivity index (χ4v) is 2.06. The summed E-state index contributed by atoms with van der Waals surface area (Å²) in [7, 11) is 1.53. The van der Waals surface area contributed by atoms with Crippen LogP contribution in [0.3, 0.4) is 0 Å². The van der Waals surface area contributed by atoms with Gasteiger partial charge < -0.3 is 10.1 Å². The highest BCUT2D eigenvalue weighted by molar-refractivity contribution is 6.32. The van der Waals surface area contributed by atoms with Gasteiger partial charge in [-0.1, -0.05) is 17.7 Å². The van der Waals surface area contributed by atoms with E-state index in [1.54, 1.807) is 24.3 Å². The van der Waals surface area contributed by atoms with Crippen molar-refractivity contribution in [3.05, 3.63) is 58.6 Å². The fourth-order valence-electron chi connectivity index (χ4n) is 1.86. The van der Waals surface area contributed by atoms with Crippen molar-refractivity contribution >= 4 is 17.3 Å². The Morgan fingerprint density at radius 2 is 1.85 bits per heavy atom. The van der Waals surface area contributed by atoms with Gasteiger partial charge in [0.15, 0.2) is 11.6 Å². The molecule has 0 saturated carbocycles. The van der Waals surface area contributed by atoms with Gasteiger partial charge in [-0.15, -0.1) is 0 Å². The van der Waals surface area contributed by atoms with Gasteiger partial charge in [-0.3, -0.25) is 0 Å². The van der Waals surface area contributed by atoms with Crippen molar-refractivity contribution in [2.75, 3.05) is 12.4 Å². The van der Waals surface area contributed by atoms with Crippen molar-refractivity contribution in [1.82, 2.24) is 0 Å². The summed E-state index contributed by atoms with van der Waals surface area (Å²) in [6.07, 6.45) is 0. The molecule has 0 fully saturated rings. The molecule has 0 aliphatic carbocycles. The number of hydrogen-bond acceptors (Lipinski definition) is 2. The van der Waals surface area contributed by atoms with Gasteiger partial charge in [-0.25, -0.2) is 8.78 Å². The molecule has 5 heteroatoms. The summed E-state index contributed by atoms with van der Waals surface area (Å²) >= 11 is 5.94. The molecule has 2 nitrogen and oxygen atoms in total. The summed E-state index contributed by atoms with van der Waals surface area (Å²) in [4.78, 5) is 0. The van der Waals surface area contributed by atoms with E-state index in [1.807, 2.05) is 6.92 Å². The summed E-state index contributed by atoms with van der Waals surface area (Å²) in [6, 6.07) is 8.91. The number of anilines is 1. The van der Waals surface area contributed by atoms with Crippen molar-refractivity contribution in [3.8, 4) is 5.75 Å². The predicted octanol–water partition coefficient (Wildman–Crippen LogP) is 4.80. The minimum Gasteiger partial charge on any atom is -0.495 e. The molecule has 1 N–H and O–H groups in total. The lowest BCUT2D eigenvalue weighted by molar-refractivity contribution is 0.415. The van der Waals surface area contributed by atoms with E-state index in [2.05, 4.69) is 5.32 Å². The Labute approximate surface area is 121 Å². The molecule has 0 aliphatic rings. The van der Waals surface area contributed by atoms with E-state index in [9.17, 15) is 8.78 Å². The van der Waals surface area contributed by atoms with Gasteiger partial charge in [0.05, 0.1) is 12.1 Å². The fraction of sp³-hybridized carbons (Fsp3) is 0.200. The molecule has 0 heterocycles. The Bertz CT molecular complexity index is 619. The normalized spacial score (nSPS) is 12.1. The van der Waals surface area contributed by atoms with Gasteiger partial charge in [-0.05, 0) is 36.8 Å². The van der Waals surface area contributed by atoms with Crippen molar-refractivity contribution in [3.63, 3.8) is 0 Å². The van der Waals surface area contributed by atoms with E-state index in [-0.39, 0.29) is 6.04 Å². The van der Waals surface area contributed by atoms with E-state index in [4.69, 9.17) is 16.3 Å². The molecule has 2 aromatic rings. The second-order valence-electron chi connectivity index (χ2n) is 4.39. The molecule has 0 aromatic heterocycles. The monoisotopic (exact) mass is 297 g/mol. The minimum absolute atomic E-state index is 0.184. The van der Waals surface area contributed by atoms with Crippen molar-refractivity contribution < 1.29 is 13.5 Å². The Morgan fingerprint density at radius 3 is 2.50 bits per heavy atom. The zero-order chi connectivity index (χ0) is 14.7. The maximum Gasteiger partial charge on any atom is 0.159 e. The van der Waals surface area contributed by atoms with Gasteiger partial charge >= 0.3 is 0 Å². The Balaban J connectivity index is 2.18. The van der Waals surface area contributed by atoms with Crippen LogP contribution in [0.4, 0.5) is 14.5 Å². The Hall–Kier alpha value is -1.81. The molecule has 106 valence electrons. The summed E-state index contributed by atoms with van der Waals surface area (Å²) in [5.74, 6) is -1.16. The van der Waals surface area contributed by atoms with Crippen LogP contribution in [0.25, 0.3) is 0 Å². The number of methoxy groups -OCH3 is 1. The van der Waals surface area contributed by atoms with Crippen molar-refractivity contribution in [2.24, 2.45) is 0 Å². The SMILES string of the molecule is COc1cc(NC(C)c2ccc(F)c(F)c2)ccc1Cl. The summed E-state index contributed by atoms with van der Waals surface area (Å²) in [6.45, 7) is 1.85. The van der Waals surface area contributed by atoms with E-state index in [0.717, 1.165) is 11.8 Å². The smallest absolute Gasteiger partial charge is 0.159 e. The van der Waals surface area contributed by atoms with Crippen LogP contribution >= 0.6 is 11.6 Å². The third-order valence-corrected chi connectivity index (χ3v) is 3.29. The second kappa shape index (κ2) is 6.09. The van der Waals surface area contributed by atoms with Gasteiger partial charge in [0.2, 0.25) is 0 Å². The number of rotatable bonds is 4. The lowest BCUT2D eigenvalue weighted by Gasteiger charge is -2.17. The molecule has 2 rings (SSSR count). The number of nitrogens with one attached hydrogen (secondary N) is 1. The van der Waals surface area contributed by atoms with Crippen LogP contribution in [-0.4, -0.2) is 7.11 Å². The highest BCUT2D eigenvalue weighted by Crippen LogP contribution is 2.29. The van der Waals surface area contributed by atoms with Gasteiger partial charge in [-0.2, -0.15) is 0 Å². The molecule has 0 aliphatic heterocycles. The first kappa shape index (κ1) is 14.6. The quantitative estimate of drug-likeness (QED) is 0.875. The second-order valence-corrected chi connectivity index (χ2v) is 4.80. The number of benzene rings is 2. The Morgan fingerprint density at radius 1 is 1.10 bits per heavy atom. The first-order valence-corrected chi connectivity index (χ1v) is 6.44. The lowest BCUT2D eigenvalue weighted by atomic mass is 10.1. The minimum atomic E-state index is -0.857. The molecule has 1 atom stereocenters. The number of hydrogen-bond donors (Lipinski definition) is 1. The standard InChI is InChI=1S/C15H14ClF2NO/c1-9(10-3-6-13(17)14(18)7-10)19-11-4-5-12(16)15(8-11)20-2/h3-9,19H,1-2H3. The third kappa shape index (κ3) is 3.20. The average Bonchev–Trinajstić information content (AvgIpc) is 2.43. The highest BCUT2D eigenvalue weighted by Gasteiger charge is 2.10. The maximum atomic E-state index is 13.2. The van der Waals surface area contributed by atoms with Gasteiger partial charge in [0.1, 0.15) is 5.75 Å². The average molecular weight is 298 g/mol. The van der Waals surface area contributed by atoms with E-state index < -0.39 is 11.6 Å². The highest BCUT2D eigenvalue weighted by atomic mass is 35.5. The predicted molar refractivity (Wildman–Crippen MR) is 76.4 cm³/mol. The molecule has 0 spiro atoms. The first-order valence-electron chi connectivity index (χ1n) is 6.06. The third-order valence-electron chi connectivity index (χ3n) is 2.98. The molecule has 2 aromatic carbocycles. The molecule has 0 radical (unpaired) electrons. The van der Waals surface area contributed by atoms with E-state index in [0.29, 0.717) is 16.3 Å². The topological polar surface area (TPSA) is 21.3 Å². The zero-order valence-electron chi connectivity index (χ0n) is 11.1. The van der Waals surface area contributed by atoms with Crippen LogP contribution in [-0.2, 0) is 0 Å². The number of ether oxygens (including phenoxy) is 1. The van der Waals surface area contributed by atoms with Crippen molar-refractivity contribution in [2.45, 2.75) is 13.0 Å².